The minimum atomic E-state index is -0.393. The molecule has 0 unspecified atom stereocenters. The second-order valence-corrected chi connectivity index (χ2v) is 4.92. The van der Waals surface area contributed by atoms with E-state index in [1.807, 2.05) is 6.92 Å². The SMILES string of the molecule is CCOc1ccc(OCC(=O)N/N=C/c2ccc(O)c(OC)c2)cc1. The molecule has 1 amide bonds. The third-order valence-electron chi connectivity index (χ3n) is 3.11. The van der Waals surface area contributed by atoms with E-state index in [0.29, 0.717) is 23.7 Å². The fraction of sp³-hybridized carbons (Fsp3) is 0.222. The van der Waals surface area contributed by atoms with Gasteiger partial charge in [0.2, 0.25) is 0 Å². The number of carbonyl (C=O) groups excluding carboxylic acids is 1. The Balaban J connectivity index is 1.80. The molecule has 0 aliphatic rings. The zero-order chi connectivity index (χ0) is 18.1. The number of hydrogen-bond donors (Lipinski definition) is 2. The van der Waals surface area contributed by atoms with Crippen LogP contribution in [0, 0.1) is 0 Å². The molecule has 7 nitrogen and oxygen atoms in total. The lowest BCUT2D eigenvalue weighted by Crippen LogP contribution is -2.24. The van der Waals surface area contributed by atoms with Gasteiger partial charge in [0.05, 0.1) is 19.9 Å². The minimum absolute atomic E-state index is 0.0347. The Kier molecular flexibility index (Phi) is 6.65. The fourth-order valence-corrected chi connectivity index (χ4v) is 1.93. The van der Waals surface area contributed by atoms with E-state index < -0.39 is 5.91 Å². The normalized spacial score (nSPS) is 10.5. The van der Waals surface area contributed by atoms with Gasteiger partial charge in [0.25, 0.3) is 5.91 Å². The highest BCUT2D eigenvalue weighted by Crippen LogP contribution is 2.25. The van der Waals surface area contributed by atoms with Crippen LogP contribution >= 0.6 is 0 Å². The van der Waals surface area contributed by atoms with E-state index in [-0.39, 0.29) is 12.4 Å². The summed E-state index contributed by atoms with van der Waals surface area (Å²) in [5.74, 6) is 1.27. The number of ether oxygens (including phenoxy) is 3. The number of phenolic OH excluding ortho intramolecular Hbond substituents is 1. The van der Waals surface area contributed by atoms with Gasteiger partial charge in [-0.05, 0) is 55.0 Å². The number of hydrogen-bond acceptors (Lipinski definition) is 6. The highest BCUT2D eigenvalue weighted by Gasteiger charge is 2.03. The van der Waals surface area contributed by atoms with Crippen molar-refractivity contribution in [3.63, 3.8) is 0 Å². The van der Waals surface area contributed by atoms with Crippen molar-refractivity contribution in [1.82, 2.24) is 5.43 Å². The molecule has 0 aliphatic heterocycles. The smallest absolute Gasteiger partial charge is 0.277 e. The van der Waals surface area contributed by atoms with Crippen LogP contribution in [0.25, 0.3) is 0 Å². The molecule has 0 aromatic heterocycles. The average molecular weight is 344 g/mol. The summed E-state index contributed by atoms with van der Waals surface area (Å²) in [6.07, 6.45) is 1.44. The summed E-state index contributed by atoms with van der Waals surface area (Å²) < 4.78 is 15.7. The highest BCUT2D eigenvalue weighted by molar-refractivity contribution is 5.83. The van der Waals surface area contributed by atoms with Crippen molar-refractivity contribution in [3.8, 4) is 23.0 Å². The van der Waals surface area contributed by atoms with Gasteiger partial charge in [0, 0.05) is 0 Å². The van der Waals surface area contributed by atoms with E-state index >= 15 is 0 Å². The second-order valence-electron chi connectivity index (χ2n) is 4.92. The predicted octanol–water partition coefficient (Wildman–Crippen LogP) is 2.33. The molecule has 2 aromatic rings. The Labute approximate surface area is 145 Å². The summed E-state index contributed by atoms with van der Waals surface area (Å²) in [7, 11) is 1.45. The first kappa shape index (κ1) is 18.1. The van der Waals surface area contributed by atoms with Gasteiger partial charge >= 0.3 is 0 Å². The maximum atomic E-state index is 11.7. The van der Waals surface area contributed by atoms with Crippen molar-refractivity contribution >= 4 is 12.1 Å². The van der Waals surface area contributed by atoms with E-state index in [0.717, 1.165) is 5.75 Å². The molecule has 0 heterocycles. The Morgan fingerprint density at radius 1 is 1.16 bits per heavy atom. The van der Waals surface area contributed by atoms with Gasteiger partial charge in [0.1, 0.15) is 11.5 Å². The maximum Gasteiger partial charge on any atom is 0.277 e. The molecule has 0 bridgehead atoms. The van der Waals surface area contributed by atoms with Crippen LogP contribution in [0.3, 0.4) is 0 Å². The maximum absolute atomic E-state index is 11.7. The number of nitrogens with one attached hydrogen (secondary N) is 1. The van der Waals surface area contributed by atoms with Crippen molar-refractivity contribution in [2.75, 3.05) is 20.3 Å². The third kappa shape index (κ3) is 5.72. The van der Waals surface area contributed by atoms with Gasteiger partial charge in [-0.3, -0.25) is 4.79 Å². The lowest BCUT2D eigenvalue weighted by Gasteiger charge is -2.07. The Morgan fingerprint density at radius 3 is 2.48 bits per heavy atom. The molecule has 0 aliphatic carbocycles. The molecule has 2 aromatic carbocycles. The van der Waals surface area contributed by atoms with Gasteiger partial charge < -0.3 is 19.3 Å². The van der Waals surface area contributed by atoms with Crippen LogP contribution in [0.1, 0.15) is 12.5 Å². The van der Waals surface area contributed by atoms with Gasteiger partial charge in [-0.1, -0.05) is 0 Å². The van der Waals surface area contributed by atoms with Crippen LogP contribution in [0.4, 0.5) is 0 Å². The quantitative estimate of drug-likeness (QED) is 0.567. The fourth-order valence-electron chi connectivity index (χ4n) is 1.93. The molecular formula is C18H20N2O5. The summed E-state index contributed by atoms with van der Waals surface area (Å²) in [5.41, 5.74) is 3.03. The van der Waals surface area contributed by atoms with Crippen molar-refractivity contribution in [2.45, 2.75) is 6.92 Å². The topological polar surface area (TPSA) is 89.4 Å². The molecular weight excluding hydrogens is 324 g/mol. The number of nitrogens with zero attached hydrogens (tertiary/aromatic N) is 1. The molecule has 2 N–H and O–H groups in total. The summed E-state index contributed by atoms with van der Waals surface area (Å²) in [6, 6.07) is 11.7. The monoisotopic (exact) mass is 344 g/mol. The highest BCUT2D eigenvalue weighted by atomic mass is 16.5. The molecule has 132 valence electrons. The number of rotatable bonds is 8. The van der Waals surface area contributed by atoms with E-state index in [2.05, 4.69) is 10.5 Å². The molecule has 0 saturated heterocycles. The van der Waals surface area contributed by atoms with Gasteiger partial charge in [-0.25, -0.2) is 5.43 Å². The number of hydrazone groups is 1. The first-order chi connectivity index (χ1) is 12.1. The summed E-state index contributed by atoms with van der Waals surface area (Å²) >= 11 is 0. The lowest BCUT2D eigenvalue weighted by molar-refractivity contribution is -0.123. The third-order valence-corrected chi connectivity index (χ3v) is 3.11. The van der Waals surface area contributed by atoms with Crippen LogP contribution in [0.5, 0.6) is 23.0 Å². The van der Waals surface area contributed by atoms with Gasteiger partial charge in [-0.15, -0.1) is 0 Å². The first-order valence-electron chi connectivity index (χ1n) is 7.67. The number of benzene rings is 2. The molecule has 0 fully saturated rings. The van der Waals surface area contributed by atoms with Crippen LogP contribution in [-0.2, 0) is 4.79 Å². The predicted molar refractivity (Wildman–Crippen MR) is 93.5 cm³/mol. The second kappa shape index (κ2) is 9.17. The van der Waals surface area contributed by atoms with Crippen LogP contribution in [0.2, 0.25) is 0 Å². The van der Waals surface area contributed by atoms with Crippen molar-refractivity contribution in [1.29, 1.82) is 0 Å². The molecule has 0 saturated carbocycles. The Hall–Kier alpha value is -3.22. The summed E-state index contributed by atoms with van der Waals surface area (Å²) in [6.45, 7) is 2.33. The number of carbonyl (C=O) groups is 1. The zero-order valence-corrected chi connectivity index (χ0v) is 14.1. The number of phenols is 1. The molecule has 25 heavy (non-hydrogen) atoms. The number of aromatic hydroxyl groups is 1. The minimum Gasteiger partial charge on any atom is -0.504 e. The largest absolute Gasteiger partial charge is 0.504 e. The molecule has 7 heteroatoms. The molecule has 0 spiro atoms. The molecule has 0 radical (unpaired) electrons. The number of methoxy groups -OCH3 is 1. The van der Waals surface area contributed by atoms with E-state index in [1.165, 1.54) is 19.4 Å². The number of amides is 1. The van der Waals surface area contributed by atoms with Crippen LogP contribution < -0.4 is 19.6 Å². The van der Waals surface area contributed by atoms with Gasteiger partial charge in [-0.2, -0.15) is 5.10 Å². The van der Waals surface area contributed by atoms with E-state index in [9.17, 15) is 9.90 Å². The summed E-state index contributed by atoms with van der Waals surface area (Å²) in [4.78, 5) is 11.7. The first-order valence-corrected chi connectivity index (χ1v) is 7.67. The van der Waals surface area contributed by atoms with Crippen LogP contribution in [0.15, 0.2) is 47.6 Å². The van der Waals surface area contributed by atoms with Crippen molar-refractivity contribution in [3.05, 3.63) is 48.0 Å². The molecule has 2 rings (SSSR count). The van der Waals surface area contributed by atoms with Gasteiger partial charge in [0.15, 0.2) is 18.1 Å². The Bertz CT molecular complexity index is 729. The Morgan fingerprint density at radius 2 is 1.84 bits per heavy atom. The zero-order valence-electron chi connectivity index (χ0n) is 14.1. The van der Waals surface area contributed by atoms with E-state index in [1.54, 1.807) is 36.4 Å². The van der Waals surface area contributed by atoms with Crippen molar-refractivity contribution < 1.29 is 24.1 Å². The standard InChI is InChI=1S/C18H20N2O5/c1-3-24-14-5-7-15(8-6-14)25-12-18(22)20-19-11-13-4-9-16(21)17(10-13)23-2/h4-11,21H,3,12H2,1-2H3,(H,20,22)/b19-11+. The lowest BCUT2D eigenvalue weighted by atomic mass is 10.2. The average Bonchev–Trinajstić information content (AvgIpc) is 2.63. The van der Waals surface area contributed by atoms with Crippen LogP contribution in [-0.4, -0.2) is 37.6 Å². The van der Waals surface area contributed by atoms with E-state index in [4.69, 9.17) is 14.2 Å². The van der Waals surface area contributed by atoms with Crippen molar-refractivity contribution in [2.24, 2.45) is 5.10 Å². The summed E-state index contributed by atoms with van der Waals surface area (Å²) in [5, 5.41) is 13.3. The molecule has 0 atom stereocenters.